The Kier molecular flexibility index (Phi) is 11.2. The van der Waals surface area contributed by atoms with E-state index in [0.717, 1.165) is 12.0 Å². The van der Waals surface area contributed by atoms with Crippen molar-refractivity contribution in [1.29, 1.82) is 0 Å². The van der Waals surface area contributed by atoms with Gasteiger partial charge in [0.25, 0.3) is 0 Å². The summed E-state index contributed by atoms with van der Waals surface area (Å²) in [6, 6.07) is 23.2. The van der Waals surface area contributed by atoms with Gasteiger partial charge in [-0.1, -0.05) is 108 Å². The topological polar surface area (TPSA) is 6.48 Å². The molecule has 1 atom stereocenters. The van der Waals surface area contributed by atoms with E-state index in [1.165, 1.54) is 63.0 Å². The van der Waals surface area contributed by atoms with Gasteiger partial charge in [-0.25, -0.2) is 0 Å². The molecule has 4 rings (SSSR count). The Bertz CT molecular complexity index is 624. The molecule has 0 unspecified atom stereocenters. The number of hydrogen-bond donors (Lipinski definition) is 0. The van der Waals surface area contributed by atoms with E-state index in [1.54, 1.807) is 0 Å². The van der Waals surface area contributed by atoms with Gasteiger partial charge in [-0.2, -0.15) is 0 Å². The lowest BCUT2D eigenvalue weighted by Gasteiger charge is -2.48. The van der Waals surface area contributed by atoms with Gasteiger partial charge in [0, 0.05) is 25.7 Å². The summed E-state index contributed by atoms with van der Waals surface area (Å²) in [5.41, 5.74) is 2.83. The summed E-state index contributed by atoms with van der Waals surface area (Å²) in [7, 11) is 0. The zero-order valence-corrected chi connectivity index (χ0v) is 20.1. The fourth-order valence-electron chi connectivity index (χ4n) is 4.74. The average molecular weight is 409 g/mol. The lowest BCUT2D eigenvalue weighted by molar-refractivity contribution is 0.0241. The van der Waals surface area contributed by atoms with Crippen LogP contribution in [0, 0.1) is 5.92 Å². The molecule has 0 saturated carbocycles. The van der Waals surface area contributed by atoms with E-state index in [0.29, 0.717) is 6.04 Å². The predicted octanol–water partition coefficient (Wildman–Crippen LogP) is 7.02. The fraction of sp³-hybridized carbons (Fsp3) is 0.571. The SMILES string of the molecule is CC.CC.CCCC[C@@H]1CCN(C2CN(C(c3ccccc3)c3ccccc3)C2)C1. The molecule has 0 amide bonds. The Morgan fingerprint density at radius 2 is 1.33 bits per heavy atom. The lowest BCUT2D eigenvalue weighted by Crippen LogP contribution is -2.59. The normalized spacial score (nSPS) is 19.5. The first-order valence-electron chi connectivity index (χ1n) is 12.4. The second kappa shape index (κ2) is 13.6. The van der Waals surface area contributed by atoms with Gasteiger partial charge in [0.05, 0.1) is 6.04 Å². The van der Waals surface area contributed by atoms with Crippen molar-refractivity contribution in [2.45, 2.75) is 72.4 Å². The number of unbranched alkanes of at least 4 members (excludes halogenated alkanes) is 1. The quantitative estimate of drug-likeness (QED) is 0.485. The van der Waals surface area contributed by atoms with Crippen LogP contribution in [-0.2, 0) is 0 Å². The second-order valence-corrected chi connectivity index (χ2v) is 8.12. The molecular weight excluding hydrogens is 364 g/mol. The van der Waals surface area contributed by atoms with Crippen molar-refractivity contribution in [2.24, 2.45) is 5.92 Å². The van der Waals surface area contributed by atoms with E-state index in [4.69, 9.17) is 0 Å². The minimum Gasteiger partial charge on any atom is -0.298 e. The van der Waals surface area contributed by atoms with E-state index in [2.05, 4.69) is 77.4 Å². The van der Waals surface area contributed by atoms with Crippen LogP contribution in [0.25, 0.3) is 0 Å². The highest BCUT2D eigenvalue weighted by molar-refractivity contribution is 5.32. The maximum Gasteiger partial charge on any atom is 0.0602 e. The monoisotopic (exact) mass is 408 g/mol. The zero-order valence-electron chi connectivity index (χ0n) is 20.1. The Morgan fingerprint density at radius 3 is 1.83 bits per heavy atom. The van der Waals surface area contributed by atoms with Crippen LogP contribution in [0.15, 0.2) is 60.7 Å². The summed E-state index contributed by atoms with van der Waals surface area (Å²) >= 11 is 0. The molecule has 0 bridgehead atoms. The Balaban J connectivity index is 0.000000757. The average Bonchev–Trinajstić information content (AvgIpc) is 3.26. The van der Waals surface area contributed by atoms with E-state index in [9.17, 15) is 0 Å². The van der Waals surface area contributed by atoms with Gasteiger partial charge in [-0.3, -0.25) is 9.80 Å². The molecule has 2 fully saturated rings. The van der Waals surface area contributed by atoms with E-state index in [-0.39, 0.29) is 0 Å². The van der Waals surface area contributed by atoms with Crippen molar-refractivity contribution in [3.8, 4) is 0 Å². The van der Waals surface area contributed by atoms with Crippen LogP contribution < -0.4 is 0 Å². The predicted molar refractivity (Wildman–Crippen MR) is 132 cm³/mol. The summed E-state index contributed by atoms with van der Waals surface area (Å²) in [5.74, 6) is 0.947. The van der Waals surface area contributed by atoms with Crippen molar-refractivity contribution in [3.05, 3.63) is 71.8 Å². The van der Waals surface area contributed by atoms with Crippen molar-refractivity contribution < 1.29 is 0 Å². The molecule has 0 radical (unpaired) electrons. The van der Waals surface area contributed by atoms with E-state index < -0.39 is 0 Å². The molecule has 2 aliphatic rings. The molecule has 2 aromatic carbocycles. The summed E-state index contributed by atoms with van der Waals surface area (Å²) in [4.78, 5) is 5.43. The molecule has 30 heavy (non-hydrogen) atoms. The number of nitrogens with zero attached hydrogens (tertiary/aromatic N) is 2. The van der Waals surface area contributed by atoms with Crippen molar-refractivity contribution in [3.63, 3.8) is 0 Å². The first-order valence-corrected chi connectivity index (χ1v) is 12.4. The van der Waals surface area contributed by atoms with Crippen molar-refractivity contribution >= 4 is 0 Å². The molecule has 166 valence electrons. The van der Waals surface area contributed by atoms with Gasteiger partial charge in [-0.15, -0.1) is 0 Å². The largest absolute Gasteiger partial charge is 0.298 e. The lowest BCUT2D eigenvalue weighted by atomic mass is 9.92. The number of rotatable bonds is 7. The molecule has 2 aromatic rings. The summed E-state index contributed by atoms with van der Waals surface area (Å²) in [6.45, 7) is 15.4. The molecule has 2 heterocycles. The molecule has 0 spiro atoms. The molecule has 2 saturated heterocycles. The third-order valence-corrected chi connectivity index (χ3v) is 6.29. The van der Waals surface area contributed by atoms with Crippen molar-refractivity contribution in [2.75, 3.05) is 26.2 Å². The summed E-state index contributed by atoms with van der Waals surface area (Å²) in [5, 5.41) is 0. The Hall–Kier alpha value is -1.64. The van der Waals surface area contributed by atoms with Gasteiger partial charge in [-0.05, 0) is 36.4 Å². The van der Waals surface area contributed by atoms with Crippen LogP contribution in [0.5, 0.6) is 0 Å². The second-order valence-electron chi connectivity index (χ2n) is 8.12. The molecular formula is C28H44N2. The van der Waals surface area contributed by atoms with Gasteiger partial charge >= 0.3 is 0 Å². The first kappa shape index (κ1) is 24.6. The highest BCUT2D eigenvalue weighted by atomic mass is 15.3. The van der Waals surface area contributed by atoms with Crippen LogP contribution in [0.4, 0.5) is 0 Å². The van der Waals surface area contributed by atoms with Crippen LogP contribution in [0.2, 0.25) is 0 Å². The third-order valence-electron chi connectivity index (χ3n) is 6.29. The smallest absolute Gasteiger partial charge is 0.0602 e. The minimum atomic E-state index is 0.396. The molecule has 0 N–H and O–H groups in total. The maximum absolute atomic E-state index is 2.77. The minimum absolute atomic E-state index is 0.396. The maximum atomic E-state index is 2.77. The molecule has 2 aliphatic heterocycles. The third kappa shape index (κ3) is 6.43. The van der Waals surface area contributed by atoms with Crippen LogP contribution in [0.1, 0.15) is 77.5 Å². The zero-order chi connectivity index (χ0) is 21.8. The van der Waals surface area contributed by atoms with Crippen LogP contribution in [-0.4, -0.2) is 42.0 Å². The number of likely N-dealkylation sites (tertiary alicyclic amines) is 2. The fourth-order valence-corrected chi connectivity index (χ4v) is 4.74. The molecule has 2 heteroatoms. The summed E-state index contributed by atoms with van der Waals surface area (Å²) < 4.78 is 0. The highest BCUT2D eigenvalue weighted by Gasteiger charge is 2.39. The molecule has 0 aliphatic carbocycles. The number of benzene rings is 2. The Morgan fingerprint density at radius 1 is 0.800 bits per heavy atom. The van der Waals surface area contributed by atoms with Crippen LogP contribution >= 0.6 is 0 Å². The first-order chi connectivity index (χ1) is 14.8. The standard InChI is InChI=1S/C24H32N2.2C2H6/c1-2-3-10-20-15-16-25(17-20)23-18-26(19-23)24(21-11-6-4-7-12-21)22-13-8-5-9-14-22;2*1-2/h4-9,11-14,20,23-24H,2-3,10,15-19H2,1H3;2*1-2H3/t20-;;/m1../s1. The van der Waals surface area contributed by atoms with Crippen molar-refractivity contribution in [1.82, 2.24) is 9.80 Å². The summed E-state index contributed by atoms with van der Waals surface area (Å²) in [6.07, 6.45) is 5.58. The van der Waals surface area contributed by atoms with Gasteiger partial charge < -0.3 is 0 Å². The van der Waals surface area contributed by atoms with E-state index >= 15 is 0 Å². The van der Waals surface area contributed by atoms with E-state index in [1.807, 2.05) is 27.7 Å². The van der Waals surface area contributed by atoms with Crippen LogP contribution in [0.3, 0.4) is 0 Å². The van der Waals surface area contributed by atoms with Gasteiger partial charge in [0.2, 0.25) is 0 Å². The highest BCUT2D eigenvalue weighted by Crippen LogP contribution is 2.35. The van der Waals surface area contributed by atoms with Gasteiger partial charge in [0.1, 0.15) is 0 Å². The molecule has 2 nitrogen and oxygen atoms in total. The number of hydrogen-bond acceptors (Lipinski definition) is 2. The Labute approximate surface area is 186 Å². The van der Waals surface area contributed by atoms with Gasteiger partial charge in [0.15, 0.2) is 0 Å². The molecule has 0 aromatic heterocycles.